The summed E-state index contributed by atoms with van der Waals surface area (Å²) in [6, 6.07) is 20.0. The molecule has 2 rings (SSSR count). The second kappa shape index (κ2) is 9.23. The Balaban J connectivity index is 1.81. The predicted octanol–water partition coefficient (Wildman–Crippen LogP) is 3.34. The van der Waals surface area contributed by atoms with E-state index in [4.69, 9.17) is 4.74 Å². The molecule has 0 aromatic heterocycles. The van der Waals surface area contributed by atoms with Gasteiger partial charge in [0.05, 0.1) is 0 Å². The van der Waals surface area contributed by atoms with E-state index >= 15 is 0 Å². The topological polar surface area (TPSA) is 32.7 Å². The van der Waals surface area contributed by atoms with Gasteiger partial charge in [0.25, 0.3) is 0 Å². The highest BCUT2D eigenvalue weighted by Gasteiger charge is 2.12. The largest absolute Gasteiger partial charge is 0.491 e. The summed E-state index contributed by atoms with van der Waals surface area (Å²) in [6.07, 6.45) is 0.578. The van der Waals surface area contributed by atoms with E-state index in [1.807, 2.05) is 36.4 Å². The number of rotatable bonds is 9. The van der Waals surface area contributed by atoms with Crippen molar-refractivity contribution in [1.29, 1.82) is 0 Å². The van der Waals surface area contributed by atoms with Gasteiger partial charge in [-0.25, -0.2) is 0 Å². The third-order valence-corrected chi connectivity index (χ3v) is 3.44. The van der Waals surface area contributed by atoms with Crippen molar-refractivity contribution in [3.63, 3.8) is 0 Å². The second-order valence-corrected chi connectivity index (χ2v) is 5.50. The van der Waals surface area contributed by atoms with E-state index in [9.17, 15) is 5.11 Å². The molecule has 0 aliphatic rings. The first kappa shape index (κ1) is 16.5. The SMILES string of the molecule is CCCN(Cc1ccccc1)C[C@@H](O)COc1ccccc1. The van der Waals surface area contributed by atoms with Gasteiger partial charge < -0.3 is 9.84 Å². The maximum absolute atomic E-state index is 10.2. The van der Waals surface area contributed by atoms with Crippen LogP contribution in [0.25, 0.3) is 0 Å². The summed E-state index contributed by atoms with van der Waals surface area (Å²) in [5, 5.41) is 10.2. The molecule has 3 heteroatoms. The zero-order chi connectivity index (χ0) is 15.6. The van der Waals surface area contributed by atoms with E-state index in [-0.39, 0.29) is 0 Å². The van der Waals surface area contributed by atoms with Gasteiger partial charge in [0.2, 0.25) is 0 Å². The third kappa shape index (κ3) is 5.88. The molecule has 22 heavy (non-hydrogen) atoms. The van der Waals surface area contributed by atoms with E-state index in [0.717, 1.165) is 25.3 Å². The number of ether oxygens (including phenoxy) is 1. The van der Waals surface area contributed by atoms with Crippen LogP contribution >= 0.6 is 0 Å². The van der Waals surface area contributed by atoms with Gasteiger partial charge in [0.1, 0.15) is 18.5 Å². The summed E-state index contributed by atoms with van der Waals surface area (Å²) >= 11 is 0. The molecule has 3 nitrogen and oxygen atoms in total. The molecular weight excluding hydrogens is 274 g/mol. The monoisotopic (exact) mass is 299 g/mol. The molecule has 0 aliphatic carbocycles. The molecule has 0 spiro atoms. The van der Waals surface area contributed by atoms with Gasteiger partial charge in [-0.05, 0) is 30.7 Å². The lowest BCUT2D eigenvalue weighted by molar-refractivity contribution is 0.0656. The summed E-state index contributed by atoms with van der Waals surface area (Å²) < 4.78 is 5.62. The van der Waals surface area contributed by atoms with E-state index in [1.165, 1.54) is 5.56 Å². The molecule has 0 bridgehead atoms. The third-order valence-electron chi connectivity index (χ3n) is 3.44. The molecular formula is C19H25NO2. The lowest BCUT2D eigenvalue weighted by Crippen LogP contribution is -2.35. The van der Waals surface area contributed by atoms with E-state index in [0.29, 0.717) is 13.2 Å². The molecule has 0 heterocycles. The van der Waals surface area contributed by atoms with Gasteiger partial charge in [-0.1, -0.05) is 55.5 Å². The van der Waals surface area contributed by atoms with Crippen LogP contribution in [0, 0.1) is 0 Å². The van der Waals surface area contributed by atoms with Crippen LogP contribution in [0.5, 0.6) is 5.75 Å². The number of hydrogen-bond acceptors (Lipinski definition) is 3. The predicted molar refractivity (Wildman–Crippen MR) is 90.0 cm³/mol. The van der Waals surface area contributed by atoms with Gasteiger partial charge in [0, 0.05) is 13.1 Å². The van der Waals surface area contributed by atoms with Crippen LogP contribution in [-0.2, 0) is 6.54 Å². The second-order valence-electron chi connectivity index (χ2n) is 5.50. The molecule has 1 N–H and O–H groups in total. The van der Waals surface area contributed by atoms with Crippen LogP contribution in [0.15, 0.2) is 60.7 Å². The zero-order valence-electron chi connectivity index (χ0n) is 13.2. The van der Waals surface area contributed by atoms with Crippen molar-refractivity contribution in [3.8, 4) is 5.75 Å². The summed E-state index contributed by atoms with van der Waals surface area (Å²) in [6.45, 7) is 4.92. The van der Waals surface area contributed by atoms with Crippen molar-refractivity contribution in [2.75, 3.05) is 19.7 Å². The fraction of sp³-hybridized carbons (Fsp3) is 0.368. The number of aliphatic hydroxyl groups is 1. The Morgan fingerprint density at radius 3 is 2.27 bits per heavy atom. The Hall–Kier alpha value is -1.84. The Bertz CT molecular complexity index is 515. The molecule has 1 atom stereocenters. The van der Waals surface area contributed by atoms with Crippen LogP contribution in [0.2, 0.25) is 0 Å². The summed E-state index contributed by atoms with van der Waals surface area (Å²) in [4.78, 5) is 2.27. The molecule has 0 radical (unpaired) electrons. The summed E-state index contributed by atoms with van der Waals surface area (Å²) in [7, 11) is 0. The average Bonchev–Trinajstić information content (AvgIpc) is 2.55. The van der Waals surface area contributed by atoms with Gasteiger partial charge in [-0.2, -0.15) is 0 Å². The van der Waals surface area contributed by atoms with Crippen LogP contribution in [0.3, 0.4) is 0 Å². The van der Waals surface area contributed by atoms with E-state index < -0.39 is 6.10 Å². The molecule has 118 valence electrons. The standard InChI is InChI=1S/C19H25NO2/c1-2-13-20(14-17-9-5-3-6-10-17)15-18(21)16-22-19-11-7-4-8-12-19/h3-12,18,21H,2,13-16H2,1H3/t18-/m1/s1. The average molecular weight is 299 g/mol. The lowest BCUT2D eigenvalue weighted by Gasteiger charge is -2.24. The van der Waals surface area contributed by atoms with Crippen LogP contribution in [0.1, 0.15) is 18.9 Å². The minimum absolute atomic E-state index is 0.318. The fourth-order valence-corrected chi connectivity index (χ4v) is 2.45. The van der Waals surface area contributed by atoms with Gasteiger partial charge in [-0.15, -0.1) is 0 Å². The summed E-state index contributed by atoms with van der Waals surface area (Å²) in [5.41, 5.74) is 1.27. The quantitative estimate of drug-likeness (QED) is 0.771. The highest BCUT2D eigenvalue weighted by molar-refractivity contribution is 5.20. The lowest BCUT2D eigenvalue weighted by atomic mass is 10.2. The first-order valence-electron chi connectivity index (χ1n) is 7.90. The molecule has 0 saturated heterocycles. The highest BCUT2D eigenvalue weighted by Crippen LogP contribution is 2.10. The Morgan fingerprint density at radius 2 is 1.64 bits per heavy atom. The van der Waals surface area contributed by atoms with Crippen molar-refractivity contribution in [1.82, 2.24) is 4.90 Å². The molecule has 0 aliphatic heterocycles. The number of hydrogen-bond donors (Lipinski definition) is 1. The minimum Gasteiger partial charge on any atom is -0.491 e. The molecule has 0 fully saturated rings. The van der Waals surface area contributed by atoms with Crippen LogP contribution < -0.4 is 4.74 Å². The molecule has 0 unspecified atom stereocenters. The fourth-order valence-electron chi connectivity index (χ4n) is 2.45. The van der Waals surface area contributed by atoms with Crippen molar-refractivity contribution < 1.29 is 9.84 Å². The zero-order valence-corrected chi connectivity index (χ0v) is 13.2. The molecule has 0 saturated carbocycles. The van der Waals surface area contributed by atoms with Crippen LogP contribution in [-0.4, -0.2) is 35.8 Å². The van der Waals surface area contributed by atoms with Crippen molar-refractivity contribution in [2.45, 2.75) is 26.0 Å². The van der Waals surface area contributed by atoms with Crippen molar-refractivity contribution in [2.24, 2.45) is 0 Å². The van der Waals surface area contributed by atoms with Crippen LogP contribution in [0.4, 0.5) is 0 Å². The normalized spacial score (nSPS) is 12.3. The van der Waals surface area contributed by atoms with Gasteiger partial charge in [0.15, 0.2) is 0 Å². The van der Waals surface area contributed by atoms with E-state index in [1.54, 1.807) is 0 Å². The smallest absolute Gasteiger partial charge is 0.119 e. The maximum atomic E-state index is 10.2. The Labute approximate surface area is 133 Å². The van der Waals surface area contributed by atoms with E-state index in [2.05, 4.69) is 36.1 Å². The first-order chi connectivity index (χ1) is 10.8. The molecule has 2 aromatic rings. The number of para-hydroxylation sites is 1. The Kier molecular flexibility index (Phi) is 6.94. The number of nitrogens with zero attached hydrogens (tertiary/aromatic N) is 1. The molecule has 0 amide bonds. The van der Waals surface area contributed by atoms with Crippen molar-refractivity contribution in [3.05, 3.63) is 66.2 Å². The number of benzene rings is 2. The minimum atomic E-state index is -0.490. The maximum Gasteiger partial charge on any atom is 0.119 e. The van der Waals surface area contributed by atoms with Gasteiger partial charge in [-0.3, -0.25) is 4.90 Å². The summed E-state index contributed by atoms with van der Waals surface area (Å²) in [5.74, 6) is 0.798. The number of aliphatic hydroxyl groups excluding tert-OH is 1. The highest BCUT2D eigenvalue weighted by atomic mass is 16.5. The van der Waals surface area contributed by atoms with Gasteiger partial charge >= 0.3 is 0 Å². The Morgan fingerprint density at radius 1 is 1.00 bits per heavy atom. The first-order valence-corrected chi connectivity index (χ1v) is 7.90. The molecule has 2 aromatic carbocycles. The van der Waals surface area contributed by atoms with Crippen molar-refractivity contribution >= 4 is 0 Å².